The number of ether oxygens (including phenoxy) is 1. The van der Waals surface area contributed by atoms with Crippen molar-refractivity contribution in [2.45, 2.75) is 31.1 Å². The lowest BCUT2D eigenvalue weighted by atomic mass is 10.1. The number of halogens is 1. The van der Waals surface area contributed by atoms with Gasteiger partial charge in [-0.2, -0.15) is 0 Å². The Labute approximate surface area is 65.5 Å². The second-order valence-electron chi connectivity index (χ2n) is 2.50. The summed E-state index contributed by atoms with van der Waals surface area (Å²) >= 11 is 5.85. The summed E-state index contributed by atoms with van der Waals surface area (Å²) in [5.41, 5.74) is 0. The highest BCUT2D eigenvalue weighted by Crippen LogP contribution is 2.15. The highest BCUT2D eigenvalue weighted by Gasteiger charge is 2.12. The lowest BCUT2D eigenvalue weighted by molar-refractivity contribution is -0.144. The van der Waals surface area contributed by atoms with Gasteiger partial charge in [0.25, 0.3) is 0 Å². The van der Waals surface area contributed by atoms with Crippen molar-refractivity contribution in [1.29, 1.82) is 0 Å². The van der Waals surface area contributed by atoms with E-state index in [1.165, 1.54) is 0 Å². The van der Waals surface area contributed by atoms with Crippen molar-refractivity contribution in [3.63, 3.8) is 0 Å². The fourth-order valence-corrected chi connectivity index (χ4v) is 1.25. The average molecular weight is 163 g/mol. The fraction of sp³-hybridized carbons (Fsp3) is 0.857. The number of alkyl halides is 1. The van der Waals surface area contributed by atoms with E-state index in [0.717, 1.165) is 19.3 Å². The quantitative estimate of drug-likeness (QED) is 0.401. The molecule has 10 heavy (non-hydrogen) atoms. The smallest absolute Gasteiger partial charge is 0.305 e. The maximum atomic E-state index is 10.7. The first kappa shape index (κ1) is 7.86. The molecule has 0 aromatic rings. The van der Waals surface area contributed by atoms with E-state index in [2.05, 4.69) is 0 Å². The molecule has 0 aromatic carbocycles. The molecule has 1 heterocycles. The van der Waals surface area contributed by atoms with Crippen molar-refractivity contribution < 1.29 is 9.53 Å². The van der Waals surface area contributed by atoms with E-state index in [1.54, 1.807) is 0 Å². The maximum absolute atomic E-state index is 10.7. The largest absolute Gasteiger partial charge is 0.466 e. The van der Waals surface area contributed by atoms with Gasteiger partial charge in [-0.25, -0.2) is 0 Å². The van der Waals surface area contributed by atoms with Crippen LogP contribution in [0.3, 0.4) is 0 Å². The number of hydrogen-bond acceptors (Lipinski definition) is 2. The number of carbonyl (C=O) groups is 1. The molecule has 2 nitrogen and oxygen atoms in total. The Morgan fingerprint density at radius 2 is 2.30 bits per heavy atom. The Morgan fingerprint density at radius 3 is 3.10 bits per heavy atom. The summed E-state index contributed by atoms with van der Waals surface area (Å²) < 4.78 is 4.83. The summed E-state index contributed by atoms with van der Waals surface area (Å²) in [4.78, 5) is 10.7. The maximum Gasteiger partial charge on any atom is 0.305 e. The standard InChI is InChI=1S/C7H11ClO2/c8-6-2-1-5-10-7(9)4-3-6/h6H,1-5H2. The number of carbonyl (C=O) groups excluding carboxylic acids is 1. The van der Waals surface area contributed by atoms with Crippen LogP contribution in [0.1, 0.15) is 25.7 Å². The van der Waals surface area contributed by atoms with Gasteiger partial charge in [-0.1, -0.05) is 0 Å². The lowest BCUT2D eigenvalue weighted by Crippen LogP contribution is -2.13. The predicted molar refractivity (Wildman–Crippen MR) is 39.1 cm³/mol. The number of rotatable bonds is 0. The Morgan fingerprint density at radius 1 is 1.50 bits per heavy atom. The van der Waals surface area contributed by atoms with Crippen LogP contribution in [0.2, 0.25) is 0 Å². The number of esters is 1. The van der Waals surface area contributed by atoms with Crippen LogP contribution in [0.25, 0.3) is 0 Å². The third-order valence-electron chi connectivity index (χ3n) is 1.59. The van der Waals surface area contributed by atoms with Gasteiger partial charge in [-0.05, 0) is 19.3 Å². The van der Waals surface area contributed by atoms with Crippen molar-refractivity contribution >= 4 is 17.6 Å². The number of cyclic esters (lactones) is 1. The molecule has 0 amide bonds. The molecule has 1 rings (SSSR count). The van der Waals surface area contributed by atoms with Crippen LogP contribution < -0.4 is 0 Å². The third kappa shape index (κ3) is 2.56. The summed E-state index contributed by atoms with van der Waals surface area (Å²) in [6.07, 6.45) is 3.11. The molecule has 58 valence electrons. The van der Waals surface area contributed by atoms with E-state index in [0.29, 0.717) is 13.0 Å². The molecule has 1 fully saturated rings. The summed E-state index contributed by atoms with van der Waals surface area (Å²) in [6.45, 7) is 0.544. The minimum absolute atomic E-state index is 0.106. The molecule has 0 spiro atoms. The van der Waals surface area contributed by atoms with E-state index in [1.807, 2.05) is 0 Å². The van der Waals surface area contributed by atoms with Gasteiger partial charge in [-0.3, -0.25) is 4.79 Å². The van der Waals surface area contributed by atoms with Gasteiger partial charge in [0, 0.05) is 11.8 Å². The molecule has 1 saturated heterocycles. The van der Waals surface area contributed by atoms with Gasteiger partial charge >= 0.3 is 5.97 Å². The minimum Gasteiger partial charge on any atom is -0.466 e. The minimum atomic E-state index is -0.106. The molecule has 1 aliphatic heterocycles. The molecule has 0 bridgehead atoms. The molecule has 3 heteroatoms. The normalized spacial score (nSPS) is 28.5. The van der Waals surface area contributed by atoms with Crippen LogP contribution in [-0.4, -0.2) is 18.0 Å². The molecule has 0 aliphatic carbocycles. The first-order chi connectivity index (χ1) is 4.79. The average Bonchev–Trinajstić information content (AvgIpc) is 1.90. The zero-order chi connectivity index (χ0) is 7.40. The second-order valence-corrected chi connectivity index (χ2v) is 3.12. The summed E-state index contributed by atoms with van der Waals surface area (Å²) in [7, 11) is 0. The predicted octanol–water partition coefficient (Wildman–Crippen LogP) is 1.71. The van der Waals surface area contributed by atoms with Crippen LogP contribution >= 0.6 is 11.6 Å². The van der Waals surface area contributed by atoms with Crippen molar-refractivity contribution in [3.8, 4) is 0 Å². The molecule has 1 aliphatic rings. The second kappa shape index (κ2) is 3.81. The number of hydrogen-bond donors (Lipinski definition) is 0. The van der Waals surface area contributed by atoms with E-state index >= 15 is 0 Å². The van der Waals surface area contributed by atoms with Crippen molar-refractivity contribution in [2.75, 3.05) is 6.61 Å². The SMILES string of the molecule is O=C1CCC(Cl)CCCO1. The van der Waals surface area contributed by atoms with Gasteiger partial charge in [0.05, 0.1) is 6.61 Å². The molecule has 0 N–H and O–H groups in total. The molecule has 1 atom stereocenters. The van der Waals surface area contributed by atoms with E-state index in [-0.39, 0.29) is 11.3 Å². The van der Waals surface area contributed by atoms with E-state index < -0.39 is 0 Å². The Hall–Kier alpha value is -0.240. The van der Waals surface area contributed by atoms with Crippen LogP contribution in [0, 0.1) is 0 Å². The van der Waals surface area contributed by atoms with Crippen LogP contribution in [-0.2, 0) is 9.53 Å². The lowest BCUT2D eigenvalue weighted by Gasteiger charge is -2.12. The van der Waals surface area contributed by atoms with Crippen LogP contribution in [0.15, 0.2) is 0 Å². The third-order valence-corrected chi connectivity index (χ3v) is 2.02. The van der Waals surface area contributed by atoms with Gasteiger partial charge in [0.15, 0.2) is 0 Å². The van der Waals surface area contributed by atoms with E-state index in [4.69, 9.17) is 16.3 Å². The van der Waals surface area contributed by atoms with Gasteiger partial charge in [0.2, 0.25) is 0 Å². The first-order valence-corrected chi connectivity index (χ1v) is 4.02. The molecule has 0 saturated carbocycles. The van der Waals surface area contributed by atoms with E-state index in [9.17, 15) is 4.79 Å². The Bertz CT molecular complexity index is 125. The monoisotopic (exact) mass is 162 g/mol. The van der Waals surface area contributed by atoms with Crippen LogP contribution in [0.4, 0.5) is 0 Å². The summed E-state index contributed by atoms with van der Waals surface area (Å²) in [5.74, 6) is -0.106. The van der Waals surface area contributed by atoms with Crippen LogP contribution in [0.5, 0.6) is 0 Å². The topological polar surface area (TPSA) is 26.3 Å². The zero-order valence-electron chi connectivity index (χ0n) is 5.81. The first-order valence-electron chi connectivity index (χ1n) is 3.59. The van der Waals surface area contributed by atoms with Crippen molar-refractivity contribution in [2.24, 2.45) is 0 Å². The highest BCUT2D eigenvalue weighted by atomic mass is 35.5. The van der Waals surface area contributed by atoms with Crippen molar-refractivity contribution in [1.82, 2.24) is 0 Å². The molecular formula is C7H11ClO2. The fourth-order valence-electron chi connectivity index (χ4n) is 0.982. The molecule has 1 unspecified atom stereocenters. The molecular weight excluding hydrogens is 152 g/mol. The van der Waals surface area contributed by atoms with Gasteiger partial charge in [0.1, 0.15) is 0 Å². The molecule has 0 aromatic heterocycles. The van der Waals surface area contributed by atoms with Gasteiger partial charge < -0.3 is 4.74 Å². The molecule has 0 radical (unpaired) electrons. The van der Waals surface area contributed by atoms with Gasteiger partial charge in [-0.15, -0.1) is 11.6 Å². The van der Waals surface area contributed by atoms with Crippen molar-refractivity contribution in [3.05, 3.63) is 0 Å². The highest BCUT2D eigenvalue weighted by molar-refractivity contribution is 6.20. The zero-order valence-corrected chi connectivity index (χ0v) is 6.56. The summed E-state index contributed by atoms with van der Waals surface area (Å²) in [6, 6.07) is 0. The Balaban J connectivity index is 2.29. The summed E-state index contributed by atoms with van der Waals surface area (Å²) in [5, 5.41) is 0.174. The Kier molecular flexibility index (Phi) is 3.00.